The summed E-state index contributed by atoms with van der Waals surface area (Å²) in [6.07, 6.45) is 1.46. The lowest BCUT2D eigenvalue weighted by Crippen LogP contribution is -2.36. The number of carbonyl (C=O) groups excluding carboxylic acids is 3. The number of rotatable bonds is 8. The number of amides is 3. The Kier molecular flexibility index (Phi) is 7.64. The fourth-order valence-electron chi connectivity index (χ4n) is 2.90. The van der Waals surface area contributed by atoms with Gasteiger partial charge in [0.1, 0.15) is 18.0 Å². The summed E-state index contributed by atoms with van der Waals surface area (Å²) < 4.78 is 51.2. The number of nitrogens with one attached hydrogen (secondary N) is 1. The zero-order valence-corrected chi connectivity index (χ0v) is 18.4. The van der Waals surface area contributed by atoms with Crippen LogP contribution in [0.5, 0.6) is 11.5 Å². The summed E-state index contributed by atoms with van der Waals surface area (Å²) in [5.41, 5.74) is -0.0868. The highest BCUT2D eigenvalue weighted by Crippen LogP contribution is 2.35. The van der Waals surface area contributed by atoms with Crippen LogP contribution in [-0.4, -0.2) is 41.7 Å². The van der Waals surface area contributed by atoms with Gasteiger partial charge in [0.25, 0.3) is 11.1 Å². The van der Waals surface area contributed by atoms with E-state index in [0.717, 1.165) is 6.07 Å². The van der Waals surface area contributed by atoms with Gasteiger partial charge in [0.2, 0.25) is 5.91 Å². The molecule has 2 aromatic carbocycles. The minimum atomic E-state index is -1.75. The number of ether oxygens (including phenoxy) is 2. The van der Waals surface area contributed by atoms with Crippen molar-refractivity contribution in [3.05, 3.63) is 58.3 Å². The van der Waals surface area contributed by atoms with Gasteiger partial charge in [-0.25, -0.2) is 13.2 Å². The molecule has 1 saturated heterocycles. The van der Waals surface area contributed by atoms with Crippen molar-refractivity contribution in [2.45, 2.75) is 13.8 Å². The molecule has 0 atom stereocenters. The van der Waals surface area contributed by atoms with Gasteiger partial charge in [-0.1, -0.05) is 0 Å². The van der Waals surface area contributed by atoms with E-state index >= 15 is 0 Å². The standard InChI is InChI=1S/C22H19F3N2O5S/c1-3-31-13-6-5-12(16(10-13)32-4-2)9-17-21(29)27(22(30)33-17)11-18(28)26-15-8-7-14(23)19(24)20(15)25/h5-10H,3-4,11H2,1-2H3,(H,26,28)/b17-9+. The molecule has 174 valence electrons. The number of benzene rings is 2. The fraction of sp³-hybridized carbons (Fsp3) is 0.227. The van der Waals surface area contributed by atoms with Gasteiger partial charge in [-0.3, -0.25) is 19.3 Å². The topological polar surface area (TPSA) is 84.9 Å². The highest BCUT2D eigenvalue weighted by Gasteiger charge is 2.36. The number of anilines is 1. The lowest BCUT2D eigenvalue weighted by atomic mass is 10.1. The van der Waals surface area contributed by atoms with Crippen LogP contribution in [0.15, 0.2) is 35.2 Å². The van der Waals surface area contributed by atoms with Crippen LogP contribution in [0.1, 0.15) is 19.4 Å². The van der Waals surface area contributed by atoms with Gasteiger partial charge >= 0.3 is 0 Å². The predicted molar refractivity (Wildman–Crippen MR) is 116 cm³/mol. The number of imide groups is 1. The third-order valence-corrected chi connectivity index (χ3v) is 5.27. The van der Waals surface area contributed by atoms with Crippen LogP contribution in [0.2, 0.25) is 0 Å². The molecule has 2 aromatic rings. The smallest absolute Gasteiger partial charge is 0.294 e. The molecule has 0 aromatic heterocycles. The number of hydrogen-bond acceptors (Lipinski definition) is 6. The van der Waals surface area contributed by atoms with E-state index in [2.05, 4.69) is 0 Å². The molecule has 33 heavy (non-hydrogen) atoms. The zero-order chi connectivity index (χ0) is 24.1. The van der Waals surface area contributed by atoms with Gasteiger partial charge in [-0.05, 0) is 56.0 Å². The number of nitrogens with zero attached hydrogens (tertiary/aromatic N) is 1. The quantitative estimate of drug-likeness (QED) is 0.440. The SMILES string of the molecule is CCOc1ccc(/C=C2/SC(=O)N(CC(=O)Nc3ccc(F)c(F)c3F)C2=O)c(OCC)c1. The lowest BCUT2D eigenvalue weighted by Gasteiger charge is -2.13. The molecule has 1 aliphatic rings. The van der Waals surface area contributed by atoms with Crippen LogP contribution in [-0.2, 0) is 9.59 Å². The number of halogens is 3. The molecule has 0 radical (unpaired) electrons. The van der Waals surface area contributed by atoms with Crippen LogP contribution in [0.25, 0.3) is 6.08 Å². The average molecular weight is 480 g/mol. The fourth-order valence-corrected chi connectivity index (χ4v) is 3.73. The van der Waals surface area contributed by atoms with E-state index in [9.17, 15) is 27.6 Å². The number of thioether (sulfide) groups is 1. The van der Waals surface area contributed by atoms with Gasteiger partial charge in [-0.15, -0.1) is 0 Å². The monoisotopic (exact) mass is 480 g/mol. The second-order valence-corrected chi connectivity index (χ2v) is 7.60. The maximum atomic E-state index is 13.8. The molecule has 0 bridgehead atoms. The molecule has 0 aliphatic carbocycles. The van der Waals surface area contributed by atoms with Gasteiger partial charge < -0.3 is 14.8 Å². The maximum Gasteiger partial charge on any atom is 0.294 e. The van der Waals surface area contributed by atoms with Crippen LogP contribution in [0.3, 0.4) is 0 Å². The van der Waals surface area contributed by atoms with E-state index in [1.165, 1.54) is 6.08 Å². The Bertz CT molecular complexity index is 1140. The highest BCUT2D eigenvalue weighted by molar-refractivity contribution is 8.18. The minimum Gasteiger partial charge on any atom is -0.494 e. The van der Waals surface area contributed by atoms with E-state index in [1.807, 2.05) is 12.2 Å². The van der Waals surface area contributed by atoms with Crippen LogP contribution >= 0.6 is 11.8 Å². The molecule has 3 amide bonds. The maximum absolute atomic E-state index is 13.8. The summed E-state index contributed by atoms with van der Waals surface area (Å²) in [6.45, 7) is 3.71. The second kappa shape index (κ2) is 10.4. The van der Waals surface area contributed by atoms with Crippen molar-refractivity contribution in [1.82, 2.24) is 4.90 Å². The van der Waals surface area contributed by atoms with E-state index in [-0.39, 0.29) is 4.91 Å². The molecule has 1 fully saturated rings. The molecule has 11 heteroatoms. The first-order valence-electron chi connectivity index (χ1n) is 9.83. The van der Waals surface area contributed by atoms with Crippen molar-refractivity contribution in [2.24, 2.45) is 0 Å². The minimum absolute atomic E-state index is 0.0527. The Morgan fingerprint density at radius 1 is 1.06 bits per heavy atom. The average Bonchev–Trinajstić information content (AvgIpc) is 3.03. The predicted octanol–water partition coefficient (Wildman–Crippen LogP) is 4.58. The van der Waals surface area contributed by atoms with Crippen molar-refractivity contribution in [1.29, 1.82) is 0 Å². The molecule has 7 nitrogen and oxygen atoms in total. The van der Waals surface area contributed by atoms with Crippen LogP contribution < -0.4 is 14.8 Å². The van der Waals surface area contributed by atoms with E-state index in [0.29, 0.717) is 53.0 Å². The number of hydrogen-bond donors (Lipinski definition) is 1. The largest absolute Gasteiger partial charge is 0.494 e. The van der Waals surface area contributed by atoms with Crippen molar-refractivity contribution in [3.63, 3.8) is 0 Å². The van der Waals surface area contributed by atoms with Gasteiger partial charge in [0.05, 0.1) is 23.8 Å². The normalized spacial score (nSPS) is 14.7. The Labute approximate surface area is 191 Å². The van der Waals surface area contributed by atoms with E-state index < -0.39 is 46.7 Å². The molecule has 3 rings (SSSR count). The lowest BCUT2D eigenvalue weighted by molar-refractivity contribution is -0.127. The Hall–Kier alpha value is -3.47. The van der Waals surface area contributed by atoms with Gasteiger partial charge in [0.15, 0.2) is 17.5 Å². The van der Waals surface area contributed by atoms with Crippen LogP contribution in [0, 0.1) is 17.5 Å². The van der Waals surface area contributed by atoms with Crippen molar-refractivity contribution < 1.29 is 37.0 Å². The Balaban J connectivity index is 1.76. The molecular weight excluding hydrogens is 461 g/mol. The molecule has 0 unspecified atom stereocenters. The Morgan fingerprint density at radius 3 is 2.48 bits per heavy atom. The van der Waals surface area contributed by atoms with Crippen molar-refractivity contribution >= 4 is 40.6 Å². The van der Waals surface area contributed by atoms with Crippen molar-refractivity contribution in [3.8, 4) is 11.5 Å². The molecule has 1 N–H and O–H groups in total. The number of carbonyl (C=O) groups is 3. The molecule has 0 saturated carbocycles. The Morgan fingerprint density at radius 2 is 1.79 bits per heavy atom. The first kappa shape index (κ1) is 24.2. The second-order valence-electron chi connectivity index (χ2n) is 6.60. The summed E-state index contributed by atoms with van der Waals surface area (Å²) in [4.78, 5) is 37.9. The summed E-state index contributed by atoms with van der Waals surface area (Å²) in [5.74, 6) is -5.42. The third kappa shape index (κ3) is 5.48. The zero-order valence-electron chi connectivity index (χ0n) is 17.6. The molecule has 1 heterocycles. The van der Waals surface area contributed by atoms with E-state index in [4.69, 9.17) is 9.47 Å². The summed E-state index contributed by atoms with van der Waals surface area (Å²) in [6, 6.07) is 6.49. The highest BCUT2D eigenvalue weighted by atomic mass is 32.2. The molecular formula is C22H19F3N2O5S. The first-order chi connectivity index (χ1) is 15.7. The third-order valence-electron chi connectivity index (χ3n) is 4.37. The first-order valence-corrected chi connectivity index (χ1v) is 10.6. The summed E-state index contributed by atoms with van der Waals surface area (Å²) in [7, 11) is 0. The van der Waals surface area contributed by atoms with Gasteiger partial charge in [0, 0.05) is 11.6 Å². The van der Waals surface area contributed by atoms with Gasteiger partial charge in [-0.2, -0.15) is 0 Å². The van der Waals surface area contributed by atoms with E-state index in [1.54, 1.807) is 25.1 Å². The molecule has 0 spiro atoms. The summed E-state index contributed by atoms with van der Waals surface area (Å²) in [5, 5.41) is 1.31. The molecule has 1 aliphatic heterocycles. The van der Waals surface area contributed by atoms with Crippen LogP contribution in [0.4, 0.5) is 23.7 Å². The van der Waals surface area contributed by atoms with Crippen molar-refractivity contribution in [2.75, 3.05) is 25.1 Å². The summed E-state index contributed by atoms with van der Waals surface area (Å²) >= 11 is 0.622.